The fraction of sp³-hybridized carbons (Fsp3) is 0.385. The highest BCUT2D eigenvalue weighted by atomic mass is 32.2. The molecule has 0 saturated heterocycles. The summed E-state index contributed by atoms with van der Waals surface area (Å²) in [6.07, 6.45) is -0.348. The third kappa shape index (κ3) is 4.75. The number of hydrogen-bond donors (Lipinski definition) is 2. The zero-order chi connectivity index (χ0) is 15.3. The minimum Gasteiger partial charge on any atom is -0.481 e. The second-order valence-electron chi connectivity index (χ2n) is 4.62. The average Bonchev–Trinajstić information content (AvgIpc) is 2.34. The molecule has 0 radical (unpaired) electrons. The quantitative estimate of drug-likeness (QED) is 0.742. The van der Waals surface area contributed by atoms with E-state index in [0.29, 0.717) is 5.56 Å². The second kappa shape index (κ2) is 6.62. The molecule has 0 spiro atoms. The van der Waals surface area contributed by atoms with Crippen LogP contribution < -0.4 is 4.72 Å². The summed E-state index contributed by atoms with van der Waals surface area (Å²) in [6, 6.07) is 5.21. The number of carbonyl (C=O) groups is 2. The number of benzene rings is 1. The van der Waals surface area contributed by atoms with Gasteiger partial charge in [0.15, 0.2) is 5.78 Å². The van der Waals surface area contributed by atoms with Crippen LogP contribution in [0.2, 0.25) is 0 Å². The summed E-state index contributed by atoms with van der Waals surface area (Å²) >= 11 is 0. The fourth-order valence-corrected chi connectivity index (χ4v) is 2.81. The Morgan fingerprint density at radius 1 is 1.15 bits per heavy atom. The number of Topliss-reactive ketones (excluding diaryl/α,β-unsaturated/α-hetero) is 1. The molecule has 20 heavy (non-hydrogen) atoms. The van der Waals surface area contributed by atoms with Gasteiger partial charge in [-0.05, 0) is 26.0 Å². The summed E-state index contributed by atoms with van der Waals surface area (Å²) in [4.78, 5) is 22.1. The minimum atomic E-state index is -3.58. The van der Waals surface area contributed by atoms with Crippen LogP contribution in [0.25, 0.3) is 0 Å². The van der Waals surface area contributed by atoms with E-state index >= 15 is 0 Å². The van der Waals surface area contributed by atoms with Crippen LogP contribution in [0.1, 0.15) is 37.0 Å². The largest absolute Gasteiger partial charge is 0.481 e. The first-order valence-electron chi connectivity index (χ1n) is 6.10. The van der Waals surface area contributed by atoms with Crippen molar-refractivity contribution in [3.8, 4) is 0 Å². The lowest BCUT2D eigenvalue weighted by Crippen LogP contribution is -2.30. The van der Waals surface area contributed by atoms with Crippen LogP contribution >= 0.6 is 0 Å². The molecule has 1 aromatic rings. The third-order valence-corrected chi connectivity index (χ3v) is 4.12. The van der Waals surface area contributed by atoms with Crippen molar-refractivity contribution in [2.24, 2.45) is 0 Å². The first-order valence-corrected chi connectivity index (χ1v) is 7.58. The molecule has 1 aromatic carbocycles. The Labute approximate surface area is 117 Å². The minimum absolute atomic E-state index is 0.0704. The van der Waals surface area contributed by atoms with Crippen LogP contribution in [0.15, 0.2) is 29.2 Å². The molecule has 0 saturated carbocycles. The van der Waals surface area contributed by atoms with Gasteiger partial charge < -0.3 is 5.11 Å². The van der Waals surface area contributed by atoms with Crippen molar-refractivity contribution in [3.05, 3.63) is 29.8 Å². The molecule has 0 atom stereocenters. The molecule has 0 aliphatic rings. The van der Waals surface area contributed by atoms with Crippen LogP contribution in [-0.2, 0) is 14.8 Å². The highest BCUT2D eigenvalue weighted by Gasteiger charge is 2.16. The number of sulfonamides is 1. The standard InChI is InChI=1S/C13H17NO5S/c1-9(2)14-20(18,19)11-5-3-10(4-6-11)12(15)7-8-13(16)17/h3-6,9,14H,7-8H2,1-2H3,(H,16,17). The maximum Gasteiger partial charge on any atom is 0.303 e. The van der Waals surface area contributed by atoms with E-state index in [2.05, 4.69) is 4.72 Å². The molecular formula is C13H17NO5S. The van der Waals surface area contributed by atoms with E-state index in [1.54, 1.807) is 13.8 Å². The molecule has 0 aromatic heterocycles. The van der Waals surface area contributed by atoms with Gasteiger partial charge in [-0.1, -0.05) is 12.1 Å². The van der Waals surface area contributed by atoms with Gasteiger partial charge in [-0.2, -0.15) is 0 Å². The third-order valence-electron chi connectivity index (χ3n) is 2.44. The van der Waals surface area contributed by atoms with Gasteiger partial charge in [0.25, 0.3) is 0 Å². The van der Waals surface area contributed by atoms with Crippen LogP contribution in [0.5, 0.6) is 0 Å². The van der Waals surface area contributed by atoms with Gasteiger partial charge in [0.1, 0.15) is 0 Å². The summed E-state index contributed by atoms with van der Waals surface area (Å²) in [6.45, 7) is 3.42. The van der Waals surface area contributed by atoms with Crippen molar-refractivity contribution in [2.75, 3.05) is 0 Å². The van der Waals surface area contributed by atoms with Gasteiger partial charge in [-0.3, -0.25) is 9.59 Å². The Balaban J connectivity index is 2.84. The summed E-state index contributed by atoms with van der Waals surface area (Å²) < 4.78 is 26.2. The Morgan fingerprint density at radius 2 is 1.70 bits per heavy atom. The molecule has 0 aliphatic heterocycles. The molecule has 6 nitrogen and oxygen atoms in total. The van der Waals surface area contributed by atoms with Crippen LogP contribution in [-0.4, -0.2) is 31.3 Å². The Hall–Kier alpha value is -1.73. The van der Waals surface area contributed by atoms with Crippen molar-refractivity contribution < 1.29 is 23.1 Å². The zero-order valence-corrected chi connectivity index (χ0v) is 12.1. The molecular weight excluding hydrogens is 282 g/mol. The van der Waals surface area contributed by atoms with E-state index < -0.39 is 16.0 Å². The van der Waals surface area contributed by atoms with Gasteiger partial charge in [-0.15, -0.1) is 0 Å². The van der Waals surface area contributed by atoms with E-state index in [4.69, 9.17) is 5.11 Å². The number of hydrogen-bond acceptors (Lipinski definition) is 4. The zero-order valence-electron chi connectivity index (χ0n) is 11.3. The van der Waals surface area contributed by atoms with Crippen molar-refractivity contribution in [2.45, 2.75) is 37.6 Å². The molecule has 0 heterocycles. The van der Waals surface area contributed by atoms with Crippen LogP contribution in [0, 0.1) is 0 Å². The Bertz CT molecular complexity index is 590. The van der Waals surface area contributed by atoms with Crippen LogP contribution in [0.4, 0.5) is 0 Å². The maximum atomic E-state index is 11.9. The molecule has 0 amide bonds. The number of ketones is 1. The number of nitrogens with one attached hydrogen (secondary N) is 1. The lowest BCUT2D eigenvalue weighted by Gasteiger charge is -2.09. The topological polar surface area (TPSA) is 101 Å². The second-order valence-corrected chi connectivity index (χ2v) is 6.33. The summed E-state index contributed by atoms with van der Waals surface area (Å²) in [5.74, 6) is -1.37. The van der Waals surface area contributed by atoms with E-state index in [1.165, 1.54) is 24.3 Å². The summed E-state index contributed by atoms with van der Waals surface area (Å²) in [7, 11) is -3.58. The molecule has 1 rings (SSSR count). The van der Waals surface area contributed by atoms with E-state index in [-0.39, 0.29) is 29.6 Å². The average molecular weight is 299 g/mol. The van der Waals surface area contributed by atoms with Gasteiger partial charge in [0, 0.05) is 18.0 Å². The Kier molecular flexibility index (Phi) is 5.41. The number of aliphatic carboxylic acids is 1. The highest BCUT2D eigenvalue weighted by molar-refractivity contribution is 7.89. The lowest BCUT2D eigenvalue weighted by atomic mass is 10.1. The van der Waals surface area contributed by atoms with Gasteiger partial charge in [-0.25, -0.2) is 13.1 Å². The number of rotatable bonds is 7. The van der Waals surface area contributed by atoms with Crippen molar-refractivity contribution in [1.82, 2.24) is 4.72 Å². The van der Waals surface area contributed by atoms with Gasteiger partial charge in [0.05, 0.1) is 11.3 Å². The van der Waals surface area contributed by atoms with E-state index in [1.807, 2.05) is 0 Å². The molecule has 110 valence electrons. The monoisotopic (exact) mass is 299 g/mol. The molecule has 0 fully saturated rings. The number of carboxylic acids is 1. The molecule has 0 unspecified atom stereocenters. The first-order chi connectivity index (χ1) is 9.22. The van der Waals surface area contributed by atoms with E-state index in [9.17, 15) is 18.0 Å². The predicted molar refractivity (Wildman–Crippen MR) is 73.1 cm³/mol. The predicted octanol–water partition coefficient (Wildman–Crippen LogP) is 1.42. The van der Waals surface area contributed by atoms with Crippen LogP contribution in [0.3, 0.4) is 0 Å². The maximum absolute atomic E-state index is 11.9. The number of carboxylic acid groups (broad SMARTS) is 1. The Morgan fingerprint density at radius 3 is 2.15 bits per heavy atom. The highest BCUT2D eigenvalue weighted by Crippen LogP contribution is 2.13. The molecule has 0 aliphatic carbocycles. The summed E-state index contributed by atoms with van der Waals surface area (Å²) in [5.41, 5.74) is 0.301. The summed E-state index contributed by atoms with van der Waals surface area (Å²) in [5, 5.41) is 8.50. The SMILES string of the molecule is CC(C)NS(=O)(=O)c1ccc(C(=O)CCC(=O)O)cc1. The van der Waals surface area contributed by atoms with Crippen molar-refractivity contribution >= 4 is 21.8 Å². The van der Waals surface area contributed by atoms with E-state index in [0.717, 1.165) is 0 Å². The van der Waals surface area contributed by atoms with Crippen molar-refractivity contribution in [1.29, 1.82) is 0 Å². The fourth-order valence-electron chi connectivity index (χ4n) is 1.56. The van der Waals surface area contributed by atoms with Crippen molar-refractivity contribution in [3.63, 3.8) is 0 Å². The molecule has 0 bridgehead atoms. The number of carbonyl (C=O) groups excluding carboxylic acids is 1. The molecule has 2 N–H and O–H groups in total. The lowest BCUT2D eigenvalue weighted by molar-refractivity contribution is -0.136. The normalized spacial score (nSPS) is 11.6. The van der Waals surface area contributed by atoms with Gasteiger partial charge in [0.2, 0.25) is 10.0 Å². The first kappa shape index (κ1) is 16.3. The smallest absolute Gasteiger partial charge is 0.303 e. The molecule has 7 heteroatoms. The van der Waals surface area contributed by atoms with Gasteiger partial charge >= 0.3 is 5.97 Å².